The summed E-state index contributed by atoms with van der Waals surface area (Å²) in [5.74, 6) is 2.92. The summed E-state index contributed by atoms with van der Waals surface area (Å²) in [6, 6.07) is 12.2. The van der Waals surface area contributed by atoms with Crippen LogP contribution in [0.3, 0.4) is 0 Å². The van der Waals surface area contributed by atoms with Crippen LogP contribution in [-0.4, -0.2) is 73.8 Å². The van der Waals surface area contributed by atoms with Crippen molar-refractivity contribution in [3.63, 3.8) is 0 Å². The van der Waals surface area contributed by atoms with Gasteiger partial charge < -0.3 is 25.2 Å². The molecule has 36 heavy (non-hydrogen) atoms. The van der Waals surface area contributed by atoms with E-state index in [1.165, 1.54) is 0 Å². The van der Waals surface area contributed by atoms with Gasteiger partial charge in [0.2, 0.25) is 5.95 Å². The Balaban J connectivity index is 1.10. The molecule has 5 rings (SSSR count). The quantitative estimate of drug-likeness (QED) is 0.522. The van der Waals surface area contributed by atoms with E-state index in [0.717, 1.165) is 61.3 Å². The first-order chi connectivity index (χ1) is 17.6. The normalized spacial score (nSPS) is 20.2. The first-order valence-electron chi connectivity index (χ1n) is 12.8. The molecule has 2 aromatic heterocycles. The van der Waals surface area contributed by atoms with Gasteiger partial charge in [0.05, 0.1) is 24.3 Å². The summed E-state index contributed by atoms with van der Waals surface area (Å²) in [7, 11) is 4.01. The van der Waals surface area contributed by atoms with Gasteiger partial charge in [-0.05, 0) is 55.9 Å². The summed E-state index contributed by atoms with van der Waals surface area (Å²) in [6.07, 6.45) is 5.85. The van der Waals surface area contributed by atoms with E-state index < -0.39 is 0 Å². The van der Waals surface area contributed by atoms with E-state index in [4.69, 9.17) is 14.7 Å². The summed E-state index contributed by atoms with van der Waals surface area (Å²) in [5.41, 5.74) is 1.55. The number of nitrogens with one attached hydrogen (secondary N) is 2. The summed E-state index contributed by atoms with van der Waals surface area (Å²) >= 11 is 0. The van der Waals surface area contributed by atoms with Crippen molar-refractivity contribution in [3.8, 4) is 0 Å². The molecule has 0 atom stereocenters. The van der Waals surface area contributed by atoms with E-state index in [0.29, 0.717) is 43.2 Å². The lowest BCUT2D eigenvalue weighted by Gasteiger charge is -2.29. The molecule has 1 saturated carbocycles. The molecular formula is C27H35N7O2. The number of para-hydroxylation sites is 1. The average Bonchev–Trinajstić information content (AvgIpc) is 2.92. The van der Waals surface area contributed by atoms with Crippen molar-refractivity contribution in [1.29, 1.82) is 0 Å². The zero-order valence-electron chi connectivity index (χ0n) is 21.1. The molecule has 2 aliphatic rings. The number of benzene rings is 1. The van der Waals surface area contributed by atoms with Gasteiger partial charge in [-0.3, -0.25) is 4.79 Å². The smallest absolute Gasteiger partial charge is 0.252 e. The first-order valence-corrected chi connectivity index (χ1v) is 12.8. The van der Waals surface area contributed by atoms with Crippen molar-refractivity contribution in [2.24, 2.45) is 5.92 Å². The molecular weight excluding hydrogens is 454 g/mol. The highest BCUT2D eigenvalue weighted by molar-refractivity contribution is 5.94. The molecule has 0 unspecified atom stereocenters. The minimum Gasteiger partial charge on any atom is -0.378 e. The molecule has 1 aliphatic carbocycles. The number of anilines is 3. The molecule has 9 heteroatoms. The van der Waals surface area contributed by atoms with Crippen LogP contribution in [0.1, 0.15) is 36.0 Å². The number of fused-ring (bicyclic) bond motifs is 1. The highest BCUT2D eigenvalue weighted by Crippen LogP contribution is 2.28. The van der Waals surface area contributed by atoms with Gasteiger partial charge in [0.25, 0.3) is 5.91 Å². The molecule has 3 aromatic rings. The monoisotopic (exact) mass is 489 g/mol. The Hall–Kier alpha value is -3.46. The number of amides is 1. The molecule has 1 saturated heterocycles. The van der Waals surface area contributed by atoms with Crippen LogP contribution < -0.4 is 20.4 Å². The van der Waals surface area contributed by atoms with Crippen LogP contribution >= 0.6 is 0 Å². The Labute approximate surface area is 212 Å². The molecule has 0 bridgehead atoms. The summed E-state index contributed by atoms with van der Waals surface area (Å²) < 4.78 is 5.39. The van der Waals surface area contributed by atoms with Crippen molar-refractivity contribution < 1.29 is 9.53 Å². The van der Waals surface area contributed by atoms with Crippen molar-refractivity contribution in [2.75, 3.05) is 62.1 Å². The van der Waals surface area contributed by atoms with Gasteiger partial charge in [0.15, 0.2) is 0 Å². The highest BCUT2D eigenvalue weighted by Gasteiger charge is 2.23. The van der Waals surface area contributed by atoms with E-state index in [1.807, 2.05) is 49.3 Å². The van der Waals surface area contributed by atoms with Crippen LogP contribution in [0, 0.1) is 5.92 Å². The average molecular weight is 490 g/mol. The number of aromatic nitrogens is 3. The predicted octanol–water partition coefficient (Wildman–Crippen LogP) is 3.33. The lowest BCUT2D eigenvalue weighted by molar-refractivity contribution is 0.0942. The SMILES string of the molecule is CN(C)c1nc(N[C@H]2CC[C@@H](CNC(=O)c3ccc(N4CCOCC4)nc3)CC2)nc2ccccc12. The predicted molar refractivity (Wildman–Crippen MR) is 143 cm³/mol. The zero-order chi connectivity index (χ0) is 24.9. The van der Waals surface area contributed by atoms with Gasteiger partial charge in [0.1, 0.15) is 11.6 Å². The Bertz CT molecular complexity index is 1170. The van der Waals surface area contributed by atoms with Gasteiger partial charge in [-0.25, -0.2) is 9.97 Å². The van der Waals surface area contributed by atoms with Gasteiger partial charge in [-0.2, -0.15) is 4.98 Å². The van der Waals surface area contributed by atoms with E-state index in [-0.39, 0.29) is 5.91 Å². The van der Waals surface area contributed by atoms with Crippen LogP contribution in [0.25, 0.3) is 10.9 Å². The van der Waals surface area contributed by atoms with Crippen molar-refractivity contribution in [3.05, 3.63) is 48.2 Å². The number of hydrogen-bond acceptors (Lipinski definition) is 8. The van der Waals surface area contributed by atoms with Crippen molar-refractivity contribution in [2.45, 2.75) is 31.7 Å². The van der Waals surface area contributed by atoms with Gasteiger partial charge >= 0.3 is 0 Å². The largest absolute Gasteiger partial charge is 0.378 e. The standard InChI is InChI=1S/C27H35N7O2/c1-33(2)25-22-5-3-4-6-23(22)31-27(32-25)30-21-10-7-19(8-11-21)17-29-26(35)20-9-12-24(28-18-20)34-13-15-36-16-14-34/h3-6,9,12,18-19,21H,7-8,10-11,13-17H2,1-2H3,(H,29,35)(H,30,31,32)/t19-,21+. The Morgan fingerprint density at radius 1 is 1.06 bits per heavy atom. The topological polar surface area (TPSA) is 95.5 Å². The number of ether oxygens (including phenoxy) is 1. The molecule has 0 radical (unpaired) electrons. The summed E-state index contributed by atoms with van der Waals surface area (Å²) in [4.78, 5) is 30.9. The second-order valence-corrected chi connectivity index (χ2v) is 9.86. The molecule has 1 aliphatic heterocycles. The number of pyridine rings is 1. The lowest BCUT2D eigenvalue weighted by Crippen LogP contribution is -2.37. The maximum absolute atomic E-state index is 12.7. The molecule has 0 spiro atoms. The maximum Gasteiger partial charge on any atom is 0.252 e. The Morgan fingerprint density at radius 3 is 2.56 bits per heavy atom. The molecule has 1 aromatic carbocycles. The van der Waals surface area contributed by atoms with Crippen LogP contribution in [0.4, 0.5) is 17.6 Å². The first kappa shape index (κ1) is 24.2. The van der Waals surface area contributed by atoms with E-state index in [1.54, 1.807) is 6.20 Å². The molecule has 2 fully saturated rings. The van der Waals surface area contributed by atoms with E-state index in [9.17, 15) is 4.79 Å². The number of carbonyl (C=O) groups is 1. The number of morpholine rings is 1. The summed E-state index contributed by atoms with van der Waals surface area (Å²) in [6.45, 7) is 3.79. The molecule has 9 nitrogen and oxygen atoms in total. The maximum atomic E-state index is 12.7. The second kappa shape index (κ2) is 11.1. The molecule has 2 N–H and O–H groups in total. The van der Waals surface area contributed by atoms with Gasteiger partial charge in [-0.1, -0.05) is 12.1 Å². The summed E-state index contributed by atoms with van der Waals surface area (Å²) in [5, 5.41) is 7.72. The third-order valence-electron chi connectivity index (χ3n) is 7.08. The Kier molecular flexibility index (Phi) is 7.46. The van der Waals surface area contributed by atoms with E-state index in [2.05, 4.69) is 26.6 Å². The van der Waals surface area contributed by atoms with Crippen LogP contribution in [0.2, 0.25) is 0 Å². The third kappa shape index (κ3) is 5.67. The molecule has 190 valence electrons. The van der Waals surface area contributed by atoms with E-state index >= 15 is 0 Å². The molecule has 3 heterocycles. The second-order valence-electron chi connectivity index (χ2n) is 9.86. The lowest BCUT2D eigenvalue weighted by atomic mass is 9.86. The fourth-order valence-corrected chi connectivity index (χ4v) is 5.00. The highest BCUT2D eigenvalue weighted by atomic mass is 16.5. The minimum atomic E-state index is -0.0583. The number of hydrogen-bond donors (Lipinski definition) is 2. The third-order valence-corrected chi connectivity index (χ3v) is 7.08. The van der Waals surface area contributed by atoms with Crippen LogP contribution in [0.15, 0.2) is 42.6 Å². The molecule has 1 amide bonds. The number of carbonyl (C=O) groups excluding carboxylic acids is 1. The fourth-order valence-electron chi connectivity index (χ4n) is 5.00. The van der Waals surface area contributed by atoms with Crippen molar-refractivity contribution >= 4 is 34.4 Å². The van der Waals surface area contributed by atoms with Gasteiger partial charge in [-0.15, -0.1) is 0 Å². The van der Waals surface area contributed by atoms with Crippen LogP contribution in [0.5, 0.6) is 0 Å². The van der Waals surface area contributed by atoms with Crippen LogP contribution in [-0.2, 0) is 4.74 Å². The van der Waals surface area contributed by atoms with Crippen molar-refractivity contribution in [1.82, 2.24) is 20.3 Å². The number of rotatable bonds is 7. The van der Waals surface area contributed by atoms with Gasteiger partial charge in [0, 0.05) is 51.4 Å². The fraction of sp³-hybridized carbons (Fsp3) is 0.481. The Morgan fingerprint density at radius 2 is 1.83 bits per heavy atom. The number of nitrogens with zero attached hydrogens (tertiary/aromatic N) is 5. The minimum absolute atomic E-state index is 0.0583. The zero-order valence-corrected chi connectivity index (χ0v) is 21.1.